The second-order valence-corrected chi connectivity index (χ2v) is 8.00. The SMILES string of the molecule is CCOc1ccc(N2C(=O)C(O)=C(C/C=C/c3ccccc3)C2c2ccc(OC)cc2OC)cc1. The Morgan fingerprint density at radius 2 is 1.66 bits per heavy atom. The normalized spacial score (nSPS) is 15.7. The number of aliphatic hydroxyl groups excluding tert-OH is 1. The number of amides is 1. The molecule has 3 aromatic rings. The Morgan fingerprint density at radius 1 is 0.943 bits per heavy atom. The molecule has 1 atom stereocenters. The third-order valence-corrected chi connectivity index (χ3v) is 5.92. The molecule has 0 saturated carbocycles. The van der Waals surface area contributed by atoms with Crippen molar-refractivity contribution in [2.45, 2.75) is 19.4 Å². The molecule has 0 aromatic heterocycles. The number of hydrogen-bond acceptors (Lipinski definition) is 5. The van der Waals surface area contributed by atoms with E-state index in [1.165, 1.54) is 0 Å². The van der Waals surface area contributed by atoms with Gasteiger partial charge in [-0.1, -0.05) is 42.5 Å². The molecule has 1 aliphatic rings. The summed E-state index contributed by atoms with van der Waals surface area (Å²) >= 11 is 0. The third kappa shape index (κ3) is 5.01. The van der Waals surface area contributed by atoms with Crippen molar-refractivity contribution in [3.8, 4) is 17.2 Å². The minimum Gasteiger partial charge on any atom is -0.503 e. The monoisotopic (exact) mass is 471 g/mol. The highest BCUT2D eigenvalue weighted by Crippen LogP contribution is 2.45. The van der Waals surface area contributed by atoms with Gasteiger partial charge >= 0.3 is 0 Å². The maximum atomic E-state index is 13.4. The van der Waals surface area contributed by atoms with E-state index in [2.05, 4.69) is 0 Å². The number of nitrogens with zero attached hydrogens (tertiary/aromatic N) is 1. The van der Waals surface area contributed by atoms with Gasteiger partial charge in [0.1, 0.15) is 17.2 Å². The second-order valence-electron chi connectivity index (χ2n) is 8.00. The Balaban J connectivity index is 1.76. The van der Waals surface area contributed by atoms with E-state index in [0.717, 1.165) is 11.1 Å². The number of carbonyl (C=O) groups excluding carboxylic acids is 1. The van der Waals surface area contributed by atoms with Crippen molar-refractivity contribution in [2.24, 2.45) is 0 Å². The van der Waals surface area contributed by atoms with E-state index in [1.807, 2.05) is 85.8 Å². The van der Waals surface area contributed by atoms with Gasteiger partial charge in [-0.15, -0.1) is 0 Å². The fraction of sp³-hybridized carbons (Fsp3) is 0.207. The molecule has 0 fully saturated rings. The summed E-state index contributed by atoms with van der Waals surface area (Å²) in [6.07, 6.45) is 4.32. The Morgan fingerprint density at radius 3 is 2.31 bits per heavy atom. The highest BCUT2D eigenvalue weighted by molar-refractivity contribution is 6.08. The highest BCUT2D eigenvalue weighted by Gasteiger charge is 2.42. The lowest BCUT2D eigenvalue weighted by atomic mass is 9.95. The molecule has 1 heterocycles. The molecule has 6 nitrogen and oxygen atoms in total. The number of anilines is 1. The molecule has 0 bridgehead atoms. The van der Waals surface area contributed by atoms with Crippen LogP contribution in [0.5, 0.6) is 17.2 Å². The Kier molecular flexibility index (Phi) is 7.41. The van der Waals surface area contributed by atoms with Gasteiger partial charge in [-0.25, -0.2) is 0 Å². The molecule has 1 amide bonds. The van der Waals surface area contributed by atoms with Crippen molar-refractivity contribution in [1.82, 2.24) is 0 Å². The first-order valence-electron chi connectivity index (χ1n) is 11.5. The zero-order valence-electron chi connectivity index (χ0n) is 20.1. The van der Waals surface area contributed by atoms with Crippen molar-refractivity contribution in [2.75, 3.05) is 25.7 Å². The molecular formula is C29H29NO5. The largest absolute Gasteiger partial charge is 0.503 e. The summed E-state index contributed by atoms with van der Waals surface area (Å²) < 4.78 is 16.6. The number of aliphatic hydroxyl groups is 1. The first-order chi connectivity index (χ1) is 17.1. The van der Waals surface area contributed by atoms with E-state index in [-0.39, 0.29) is 5.76 Å². The van der Waals surface area contributed by atoms with Gasteiger partial charge in [0.05, 0.1) is 26.9 Å². The van der Waals surface area contributed by atoms with Gasteiger partial charge < -0.3 is 19.3 Å². The Labute approximate surface area is 205 Å². The highest BCUT2D eigenvalue weighted by atomic mass is 16.5. The average molecular weight is 472 g/mol. The third-order valence-electron chi connectivity index (χ3n) is 5.92. The smallest absolute Gasteiger partial charge is 0.293 e. The molecule has 0 aliphatic carbocycles. The summed E-state index contributed by atoms with van der Waals surface area (Å²) in [7, 11) is 3.17. The van der Waals surface area contributed by atoms with Crippen LogP contribution in [0.4, 0.5) is 5.69 Å². The van der Waals surface area contributed by atoms with E-state index in [1.54, 1.807) is 25.2 Å². The van der Waals surface area contributed by atoms with Crippen LogP contribution in [0, 0.1) is 0 Å². The number of ether oxygens (including phenoxy) is 3. The summed E-state index contributed by atoms with van der Waals surface area (Å²) in [6.45, 7) is 2.47. The van der Waals surface area contributed by atoms with Crippen molar-refractivity contribution < 1.29 is 24.1 Å². The van der Waals surface area contributed by atoms with Gasteiger partial charge in [-0.2, -0.15) is 0 Å². The molecule has 0 radical (unpaired) electrons. The number of hydrogen-bond donors (Lipinski definition) is 1. The minimum absolute atomic E-state index is 0.250. The average Bonchev–Trinajstić information content (AvgIpc) is 3.14. The van der Waals surface area contributed by atoms with Crippen molar-refractivity contribution in [1.29, 1.82) is 0 Å². The fourth-order valence-electron chi connectivity index (χ4n) is 4.26. The zero-order chi connectivity index (χ0) is 24.8. The van der Waals surface area contributed by atoms with E-state index >= 15 is 0 Å². The summed E-state index contributed by atoms with van der Waals surface area (Å²) in [6, 6.07) is 22.1. The number of carbonyl (C=O) groups is 1. The lowest BCUT2D eigenvalue weighted by Crippen LogP contribution is -2.30. The van der Waals surface area contributed by atoms with E-state index in [4.69, 9.17) is 14.2 Å². The predicted molar refractivity (Wildman–Crippen MR) is 137 cm³/mol. The molecule has 0 saturated heterocycles. The second kappa shape index (κ2) is 10.8. The molecule has 0 spiro atoms. The molecule has 1 unspecified atom stereocenters. The van der Waals surface area contributed by atoms with Crippen molar-refractivity contribution in [3.63, 3.8) is 0 Å². The van der Waals surface area contributed by atoms with Crippen LogP contribution in [0.3, 0.4) is 0 Å². The van der Waals surface area contributed by atoms with E-state index < -0.39 is 11.9 Å². The van der Waals surface area contributed by atoms with Crippen LogP contribution in [0.2, 0.25) is 0 Å². The topological polar surface area (TPSA) is 68.2 Å². The summed E-state index contributed by atoms with van der Waals surface area (Å²) in [5.74, 6) is 1.21. The Hall–Kier alpha value is -4.19. The van der Waals surface area contributed by atoms with Crippen LogP contribution >= 0.6 is 0 Å². The molecule has 3 aromatic carbocycles. The summed E-state index contributed by atoms with van der Waals surface area (Å²) in [5, 5.41) is 11.0. The van der Waals surface area contributed by atoms with Crippen LogP contribution in [-0.4, -0.2) is 31.8 Å². The lowest BCUT2D eigenvalue weighted by Gasteiger charge is -2.28. The van der Waals surface area contributed by atoms with Gasteiger partial charge in [0, 0.05) is 22.9 Å². The van der Waals surface area contributed by atoms with Gasteiger partial charge in [-0.05, 0) is 55.3 Å². The fourth-order valence-corrected chi connectivity index (χ4v) is 4.26. The van der Waals surface area contributed by atoms with Crippen molar-refractivity contribution in [3.05, 3.63) is 101 Å². The van der Waals surface area contributed by atoms with Gasteiger partial charge in [0.2, 0.25) is 0 Å². The zero-order valence-corrected chi connectivity index (χ0v) is 20.1. The summed E-state index contributed by atoms with van der Waals surface area (Å²) in [5.41, 5.74) is 3.04. The first kappa shape index (κ1) is 24.0. The quantitative estimate of drug-likeness (QED) is 0.408. The van der Waals surface area contributed by atoms with Crippen LogP contribution in [-0.2, 0) is 4.79 Å². The van der Waals surface area contributed by atoms with Gasteiger partial charge in [0.15, 0.2) is 5.76 Å². The molecule has 4 rings (SSSR count). The van der Waals surface area contributed by atoms with E-state index in [9.17, 15) is 9.90 Å². The first-order valence-corrected chi connectivity index (χ1v) is 11.5. The van der Waals surface area contributed by atoms with E-state index in [0.29, 0.717) is 41.5 Å². The molecule has 6 heteroatoms. The lowest BCUT2D eigenvalue weighted by molar-refractivity contribution is -0.117. The minimum atomic E-state index is -0.554. The number of benzene rings is 3. The molecule has 180 valence electrons. The molecule has 1 aliphatic heterocycles. The standard InChI is InChI=1S/C29H29NO5/c1-4-35-22-15-13-21(14-16-22)30-27(24-18-17-23(33-2)19-26(24)34-3)25(28(31)29(30)32)12-8-11-20-9-6-5-7-10-20/h5-11,13-19,27,31H,4,12H2,1-3H3/b11-8+. The number of methoxy groups -OCH3 is 2. The van der Waals surface area contributed by atoms with Gasteiger partial charge in [0.25, 0.3) is 5.91 Å². The predicted octanol–water partition coefficient (Wildman–Crippen LogP) is 6.11. The van der Waals surface area contributed by atoms with Crippen LogP contribution in [0.15, 0.2) is 90.2 Å². The Bertz CT molecular complexity index is 1230. The van der Waals surface area contributed by atoms with Crippen LogP contribution in [0.25, 0.3) is 6.08 Å². The molecular weight excluding hydrogens is 442 g/mol. The summed E-state index contributed by atoms with van der Waals surface area (Å²) in [4.78, 5) is 15.0. The molecule has 1 N–H and O–H groups in total. The van der Waals surface area contributed by atoms with Crippen LogP contribution < -0.4 is 19.1 Å². The molecule has 35 heavy (non-hydrogen) atoms. The van der Waals surface area contributed by atoms with Gasteiger partial charge in [-0.3, -0.25) is 9.69 Å². The number of rotatable bonds is 9. The van der Waals surface area contributed by atoms with Crippen LogP contribution in [0.1, 0.15) is 30.5 Å². The van der Waals surface area contributed by atoms with Crippen molar-refractivity contribution >= 4 is 17.7 Å². The number of allylic oxidation sites excluding steroid dienone is 1. The maximum Gasteiger partial charge on any atom is 0.293 e. The maximum absolute atomic E-state index is 13.4.